The fraction of sp³-hybridized carbons (Fsp3) is 0.222. The number of fused-ring (bicyclic) bond motifs is 1. The first-order valence-corrected chi connectivity index (χ1v) is 8.16. The van der Waals surface area contributed by atoms with E-state index in [1.54, 1.807) is 30.7 Å². The van der Waals surface area contributed by atoms with Gasteiger partial charge < -0.3 is 20.2 Å². The molecule has 3 aromatic heterocycles. The van der Waals surface area contributed by atoms with E-state index in [1.807, 2.05) is 13.0 Å². The van der Waals surface area contributed by atoms with Gasteiger partial charge in [0.1, 0.15) is 12.1 Å². The lowest BCUT2D eigenvalue weighted by molar-refractivity contribution is -0.113. The van der Waals surface area contributed by atoms with Gasteiger partial charge in [-0.05, 0) is 19.1 Å². The van der Waals surface area contributed by atoms with Crippen LogP contribution in [0.5, 0.6) is 5.88 Å². The van der Waals surface area contributed by atoms with Gasteiger partial charge in [-0.15, -0.1) is 0 Å². The molecule has 0 unspecified atom stereocenters. The smallest absolute Gasteiger partial charge is 0.241 e. The van der Waals surface area contributed by atoms with Gasteiger partial charge in [-0.1, -0.05) is 0 Å². The normalized spacial score (nSPS) is 11.3. The van der Waals surface area contributed by atoms with Gasteiger partial charge in [-0.3, -0.25) is 4.79 Å². The average molecular weight is 353 g/mol. The molecular formula is C18H19N5O3. The number of hydrogen-bond donors (Lipinski definition) is 2. The third-order valence-electron chi connectivity index (χ3n) is 3.55. The average Bonchev–Trinajstić information content (AvgIpc) is 3.06. The van der Waals surface area contributed by atoms with Crippen LogP contribution in [0, 0.1) is 0 Å². The summed E-state index contributed by atoms with van der Waals surface area (Å²) in [5.74, 6) is 0.00167. The summed E-state index contributed by atoms with van der Waals surface area (Å²) in [7, 11) is 0. The second kappa shape index (κ2) is 8.21. The van der Waals surface area contributed by atoms with Crippen LogP contribution < -0.4 is 10.5 Å². The van der Waals surface area contributed by atoms with Gasteiger partial charge in [-0.25, -0.2) is 15.0 Å². The van der Waals surface area contributed by atoms with Crippen LogP contribution in [0.3, 0.4) is 0 Å². The molecule has 26 heavy (non-hydrogen) atoms. The molecule has 0 fully saturated rings. The van der Waals surface area contributed by atoms with Crippen LogP contribution in [0.4, 0.5) is 0 Å². The summed E-state index contributed by atoms with van der Waals surface area (Å²) in [6.07, 6.45) is 7.95. The van der Waals surface area contributed by atoms with E-state index >= 15 is 0 Å². The summed E-state index contributed by atoms with van der Waals surface area (Å²) in [6, 6.07) is 3.64. The molecule has 0 aliphatic rings. The third-order valence-corrected chi connectivity index (χ3v) is 3.55. The van der Waals surface area contributed by atoms with Crippen LogP contribution in [-0.2, 0) is 9.53 Å². The van der Waals surface area contributed by atoms with E-state index in [2.05, 4.69) is 19.9 Å². The summed E-state index contributed by atoms with van der Waals surface area (Å²) in [5, 5.41) is 0. The zero-order valence-electron chi connectivity index (χ0n) is 14.3. The summed E-state index contributed by atoms with van der Waals surface area (Å²) < 4.78 is 10.7. The van der Waals surface area contributed by atoms with Crippen molar-refractivity contribution in [3.8, 4) is 17.1 Å². The first kappa shape index (κ1) is 17.6. The second-order valence-electron chi connectivity index (χ2n) is 5.36. The van der Waals surface area contributed by atoms with Crippen LogP contribution in [0.15, 0.2) is 36.8 Å². The Morgan fingerprint density at radius 1 is 1.27 bits per heavy atom. The van der Waals surface area contributed by atoms with E-state index in [4.69, 9.17) is 15.2 Å². The highest BCUT2D eigenvalue weighted by Gasteiger charge is 2.08. The highest BCUT2D eigenvalue weighted by molar-refractivity contribution is 5.93. The monoisotopic (exact) mass is 353 g/mol. The van der Waals surface area contributed by atoms with E-state index in [-0.39, 0.29) is 0 Å². The molecule has 0 saturated carbocycles. The van der Waals surface area contributed by atoms with Gasteiger partial charge in [-0.2, -0.15) is 0 Å². The van der Waals surface area contributed by atoms with Crippen molar-refractivity contribution in [3.05, 3.63) is 42.4 Å². The Morgan fingerprint density at radius 2 is 2.15 bits per heavy atom. The Labute approximate surface area is 150 Å². The summed E-state index contributed by atoms with van der Waals surface area (Å²) >= 11 is 0. The van der Waals surface area contributed by atoms with Crippen molar-refractivity contribution >= 4 is 23.1 Å². The zero-order chi connectivity index (χ0) is 18.4. The van der Waals surface area contributed by atoms with Gasteiger partial charge in [0, 0.05) is 42.3 Å². The van der Waals surface area contributed by atoms with Crippen molar-refractivity contribution in [1.29, 1.82) is 0 Å². The molecule has 0 radical (unpaired) electrons. The lowest BCUT2D eigenvalue weighted by Gasteiger charge is -2.06. The molecule has 134 valence electrons. The molecule has 8 nitrogen and oxygen atoms in total. The predicted molar refractivity (Wildman–Crippen MR) is 97.3 cm³/mol. The molecule has 0 aliphatic heterocycles. The fourth-order valence-corrected chi connectivity index (χ4v) is 2.32. The minimum atomic E-state index is -0.521. The Morgan fingerprint density at radius 3 is 2.88 bits per heavy atom. The first-order chi connectivity index (χ1) is 12.7. The van der Waals surface area contributed by atoms with E-state index in [1.165, 1.54) is 6.08 Å². The minimum absolute atomic E-state index is 0.449. The first-order valence-electron chi connectivity index (χ1n) is 8.16. The number of aromatic nitrogens is 4. The number of H-pyrrole nitrogens is 1. The summed E-state index contributed by atoms with van der Waals surface area (Å²) in [6.45, 7) is 3.57. The third kappa shape index (κ3) is 4.22. The Hall–Kier alpha value is -3.26. The fourth-order valence-electron chi connectivity index (χ4n) is 2.32. The molecule has 3 heterocycles. The number of nitrogens with one attached hydrogen (secondary N) is 1. The molecule has 3 rings (SSSR count). The summed E-state index contributed by atoms with van der Waals surface area (Å²) in [5.41, 5.74) is 8.62. The predicted octanol–water partition coefficient (Wildman–Crippen LogP) is 1.93. The Bertz CT molecular complexity index is 918. The number of ether oxygens (including phenoxy) is 2. The van der Waals surface area contributed by atoms with Gasteiger partial charge in [0.2, 0.25) is 11.8 Å². The molecule has 0 saturated heterocycles. The van der Waals surface area contributed by atoms with Crippen LogP contribution in [0.1, 0.15) is 12.5 Å². The maximum atomic E-state index is 10.9. The van der Waals surface area contributed by atoms with E-state index in [0.29, 0.717) is 42.6 Å². The van der Waals surface area contributed by atoms with Crippen molar-refractivity contribution in [2.24, 2.45) is 5.73 Å². The maximum absolute atomic E-state index is 10.9. The minimum Gasteiger partial charge on any atom is -0.475 e. The largest absolute Gasteiger partial charge is 0.475 e. The molecule has 8 heteroatoms. The number of hydrogen-bond acceptors (Lipinski definition) is 6. The van der Waals surface area contributed by atoms with Crippen LogP contribution in [0.2, 0.25) is 0 Å². The maximum Gasteiger partial charge on any atom is 0.241 e. The number of amides is 1. The zero-order valence-corrected chi connectivity index (χ0v) is 14.3. The summed E-state index contributed by atoms with van der Waals surface area (Å²) in [4.78, 5) is 27.2. The molecular weight excluding hydrogens is 334 g/mol. The van der Waals surface area contributed by atoms with Crippen LogP contribution in [0.25, 0.3) is 28.5 Å². The topological polar surface area (TPSA) is 116 Å². The Balaban J connectivity index is 1.79. The van der Waals surface area contributed by atoms with Crippen molar-refractivity contribution in [2.75, 3.05) is 19.8 Å². The number of nitrogens with two attached hydrogens (primary N) is 1. The second-order valence-corrected chi connectivity index (χ2v) is 5.36. The molecule has 0 spiro atoms. The molecule has 3 N–H and O–H groups in total. The molecule has 0 bridgehead atoms. The lowest BCUT2D eigenvalue weighted by atomic mass is 10.2. The highest BCUT2D eigenvalue weighted by atomic mass is 16.5. The van der Waals surface area contributed by atoms with Gasteiger partial charge in [0.05, 0.1) is 18.5 Å². The molecule has 0 aromatic carbocycles. The van der Waals surface area contributed by atoms with Gasteiger partial charge >= 0.3 is 0 Å². The van der Waals surface area contributed by atoms with Gasteiger partial charge in [0.15, 0.2) is 5.65 Å². The molecule has 0 aliphatic carbocycles. The SMILES string of the molecule is CCOCCOc1ccc(-c2cnc3[nH]cc(/C=C/C(N)=O)c3n2)cn1. The van der Waals surface area contributed by atoms with E-state index in [0.717, 1.165) is 11.1 Å². The van der Waals surface area contributed by atoms with E-state index < -0.39 is 5.91 Å². The number of carbonyl (C=O) groups is 1. The number of nitrogens with zero attached hydrogens (tertiary/aromatic N) is 3. The number of pyridine rings is 1. The number of aromatic amines is 1. The number of carbonyl (C=O) groups excluding carboxylic acids is 1. The number of rotatable bonds is 8. The highest BCUT2D eigenvalue weighted by Crippen LogP contribution is 2.22. The van der Waals surface area contributed by atoms with E-state index in [9.17, 15) is 4.79 Å². The van der Waals surface area contributed by atoms with Crippen molar-refractivity contribution in [3.63, 3.8) is 0 Å². The number of primary amides is 1. The van der Waals surface area contributed by atoms with Gasteiger partial charge in [0.25, 0.3) is 0 Å². The van der Waals surface area contributed by atoms with Crippen molar-refractivity contribution in [1.82, 2.24) is 19.9 Å². The van der Waals surface area contributed by atoms with Crippen LogP contribution >= 0.6 is 0 Å². The molecule has 3 aromatic rings. The molecule has 0 atom stereocenters. The Kier molecular flexibility index (Phi) is 5.55. The van der Waals surface area contributed by atoms with Crippen molar-refractivity contribution in [2.45, 2.75) is 6.92 Å². The van der Waals surface area contributed by atoms with Crippen LogP contribution in [-0.4, -0.2) is 45.7 Å². The standard InChI is InChI=1S/C18H19N5O3/c1-2-25-7-8-26-16-6-4-12(9-20-16)14-11-22-18-17(23-14)13(10-21-18)3-5-15(19)24/h3-6,9-11H,2,7-8H2,1H3,(H2,19,24)(H,21,22)/b5-3+. The lowest BCUT2D eigenvalue weighted by Crippen LogP contribution is -2.07. The molecule has 1 amide bonds. The van der Waals surface area contributed by atoms with Crippen molar-refractivity contribution < 1.29 is 14.3 Å². The quantitative estimate of drug-likeness (QED) is 0.472.